The van der Waals surface area contributed by atoms with Gasteiger partial charge in [-0.1, -0.05) is 6.07 Å². The number of aromatic nitrogens is 2. The summed E-state index contributed by atoms with van der Waals surface area (Å²) in [6.45, 7) is 1.63. The maximum Gasteiger partial charge on any atom is 0.133 e. The number of rotatable bonds is 2. The van der Waals surface area contributed by atoms with Gasteiger partial charge >= 0.3 is 0 Å². The molecule has 0 spiro atoms. The average Bonchev–Trinajstić information content (AvgIpc) is 2.43. The molecular weight excluding hydrogens is 248 g/mol. The molecule has 1 aliphatic rings. The molecule has 0 unspecified atom stereocenters. The van der Waals surface area contributed by atoms with E-state index in [0.717, 1.165) is 30.8 Å². The van der Waals surface area contributed by atoms with E-state index in [1.54, 1.807) is 6.20 Å². The van der Waals surface area contributed by atoms with Crippen molar-refractivity contribution in [3.63, 3.8) is 0 Å². The highest BCUT2D eigenvalue weighted by molar-refractivity contribution is 5.25. The maximum absolute atomic E-state index is 13.6. The van der Waals surface area contributed by atoms with E-state index < -0.39 is 11.6 Å². The third-order valence-electron chi connectivity index (χ3n) is 3.25. The van der Waals surface area contributed by atoms with Crippen molar-refractivity contribution in [1.29, 1.82) is 0 Å². The number of hydrogen-bond donors (Lipinski definition) is 1. The standard InChI is InChI=1S/C14H13F2N3/c15-11-2-1-3-12(16)10(11)6-14-18-8-9-7-17-5-4-13(9)19-14/h1-3,8,17H,4-7H2. The molecule has 0 atom stereocenters. The van der Waals surface area contributed by atoms with Crippen molar-refractivity contribution in [1.82, 2.24) is 15.3 Å². The zero-order valence-corrected chi connectivity index (χ0v) is 10.3. The number of nitrogens with zero attached hydrogens (tertiary/aromatic N) is 2. The van der Waals surface area contributed by atoms with Gasteiger partial charge in [-0.15, -0.1) is 0 Å². The van der Waals surface area contributed by atoms with Crippen molar-refractivity contribution in [2.45, 2.75) is 19.4 Å². The predicted octanol–water partition coefficient (Wildman–Crippen LogP) is 1.99. The van der Waals surface area contributed by atoms with E-state index in [1.807, 2.05) is 0 Å². The molecule has 98 valence electrons. The lowest BCUT2D eigenvalue weighted by molar-refractivity contribution is 0.557. The molecule has 3 rings (SSSR count). The molecule has 1 aromatic heterocycles. The van der Waals surface area contributed by atoms with Crippen LogP contribution >= 0.6 is 0 Å². The summed E-state index contributed by atoms with van der Waals surface area (Å²) in [4.78, 5) is 8.59. The van der Waals surface area contributed by atoms with Crippen molar-refractivity contribution in [2.75, 3.05) is 6.54 Å². The Morgan fingerprint density at radius 1 is 1.21 bits per heavy atom. The fourth-order valence-corrected chi connectivity index (χ4v) is 2.22. The van der Waals surface area contributed by atoms with Crippen LogP contribution in [0.25, 0.3) is 0 Å². The number of benzene rings is 1. The second kappa shape index (κ2) is 5.01. The van der Waals surface area contributed by atoms with Crippen molar-refractivity contribution >= 4 is 0 Å². The molecule has 0 amide bonds. The van der Waals surface area contributed by atoms with Crippen molar-refractivity contribution in [3.8, 4) is 0 Å². The highest BCUT2D eigenvalue weighted by Crippen LogP contribution is 2.17. The topological polar surface area (TPSA) is 37.8 Å². The van der Waals surface area contributed by atoms with Crippen LogP contribution in [0.4, 0.5) is 8.78 Å². The van der Waals surface area contributed by atoms with E-state index in [0.29, 0.717) is 5.82 Å². The van der Waals surface area contributed by atoms with Gasteiger partial charge in [0.15, 0.2) is 0 Å². The predicted molar refractivity (Wildman–Crippen MR) is 66.6 cm³/mol. The molecule has 0 aliphatic carbocycles. The van der Waals surface area contributed by atoms with E-state index >= 15 is 0 Å². The molecule has 1 N–H and O–H groups in total. The summed E-state index contributed by atoms with van der Waals surface area (Å²) < 4.78 is 27.1. The third kappa shape index (κ3) is 2.46. The second-order valence-electron chi connectivity index (χ2n) is 4.56. The minimum absolute atomic E-state index is 0.0244. The first-order chi connectivity index (χ1) is 9.24. The minimum atomic E-state index is -0.553. The van der Waals surface area contributed by atoms with E-state index in [1.165, 1.54) is 18.2 Å². The first-order valence-electron chi connectivity index (χ1n) is 6.21. The normalized spacial score (nSPS) is 14.2. The van der Waals surface area contributed by atoms with Gasteiger partial charge in [-0.25, -0.2) is 18.7 Å². The molecule has 2 aromatic rings. The van der Waals surface area contributed by atoms with Crippen molar-refractivity contribution in [2.24, 2.45) is 0 Å². The fraction of sp³-hybridized carbons (Fsp3) is 0.286. The van der Waals surface area contributed by atoms with Crippen LogP contribution in [0.1, 0.15) is 22.6 Å². The first-order valence-corrected chi connectivity index (χ1v) is 6.21. The second-order valence-corrected chi connectivity index (χ2v) is 4.56. The smallest absolute Gasteiger partial charge is 0.133 e. The van der Waals surface area contributed by atoms with Gasteiger partial charge in [-0.05, 0) is 12.1 Å². The molecule has 3 nitrogen and oxygen atoms in total. The summed E-state index contributed by atoms with van der Waals surface area (Å²) in [7, 11) is 0. The Bertz CT molecular complexity index is 593. The SMILES string of the molecule is Fc1cccc(F)c1Cc1ncc2c(n1)CCNC2. The highest BCUT2D eigenvalue weighted by atomic mass is 19.1. The summed E-state index contributed by atoms with van der Waals surface area (Å²) >= 11 is 0. The third-order valence-corrected chi connectivity index (χ3v) is 3.25. The summed E-state index contributed by atoms with van der Waals surface area (Å²) in [5.74, 6) is -0.643. The summed E-state index contributed by atoms with van der Waals surface area (Å²) in [6, 6.07) is 3.86. The molecule has 0 fully saturated rings. The number of hydrogen-bond acceptors (Lipinski definition) is 3. The van der Waals surface area contributed by atoms with Gasteiger partial charge in [0.2, 0.25) is 0 Å². The van der Waals surface area contributed by atoms with Gasteiger partial charge in [0.05, 0.1) is 0 Å². The Morgan fingerprint density at radius 2 is 2.00 bits per heavy atom. The molecule has 0 saturated carbocycles. The van der Waals surface area contributed by atoms with Crippen LogP contribution < -0.4 is 5.32 Å². The van der Waals surface area contributed by atoms with Gasteiger partial charge < -0.3 is 5.32 Å². The van der Waals surface area contributed by atoms with Gasteiger partial charge in [0.1, 0.15) is 17.5 Å². The zero-order valence-electron chi connectivity index (χ0n) is 10.3. The molecule has 0 bridgehead atoms. The minimum Gasteiger partial charge on any atom is -0.312 e. The number of halogens is 2. The van der Waals surface area contributed by atoms with Gasteiger partial charge in [-0.3, -0.25) is 0 Å². The Labute approximate surface area is 109 Å². The summed E-state index contributed by atoms with van der Waals surface area (Å²) in [5.41, 5.74) is 2.06. The molecule has 19 heavy (non-hydrogen) atoms. The van der Waals surface area contributed by atoms with E-state index in [2.05, 4.69) is 15.3 Å². The Hall–Kier alpha value is -1.88. The van der Waals surface area contributed by atoms with Crippen LogP contribution in [-0.2, 0) is 19.4 Å². The zero-order chi connectivity index (χ0) is 13.2. The molecule has 0 radical (unpaired) electrons. The van der Waals surface area contributed by atoms with Gasteiger partial charge in [0.25, 0.3) is 0 Å². The van der Waals surface area contributed by atoms with E-state index in [9.17, 15) is 8.78 Å². The molecule has 5 heteroatoms. The van der Waals surface area contributed by atoms with E-state index in [-0.39, 0.29) is 12.0 Å². The Kier molecular flexibility index (Phi) is 3.21. The number of nitrogens with one attached hydrogen (secondary N) is 1. The summed E-state index contributed by atoms with van der Waals surface area (Å²) in [6.07, 6.45) is 2.65. The molecule has 2 heterocycles. The van der Waals surface area contributed by atoms with Crippen molar-refractivity contribution < 1.29 is 8.78 Å². The van der Waals surface area contributed by atoms with E-state index in [4.69, 9.17) is 0 Å². The number of fused-ring (bicyclic) bond motifs is 1. The average molecular weight is 261 g/mol. The molecule has 0 saturated heterocycles. The fourth-order valence-electron chi connectivity index (χ4n) is 2.22. The van der Waals surface area contributed by atoms with Crippen LogP contribution in [0.15, 0.2) is 24.4 Å². The largest absolute Gasteiger partial charge is 0.312 e. The monoisotopic (exact) mass is 261 g/mol. The maximum atomic E-state index is 13.6. The van der Waals surface area contributed by atoms with Crippen LogP contribution in [0.2, 0.25) is 0 Å². The Balaban J connectivity index is 1.91. The highest BCUT2D eigenvalue weighted by Gasteiger charge is 2.14. The van der Waals surface area contributed by atoms with Gasteiger partial charge in [0, 0.05) is 48.9 Å². The van der Waals surface area contributed by atoms with Crippen LogP contribution in [0.5, 0.6) is 0 Å². The van der Waals surface area contributed by atoms with Gasteiger partial charge in [-0.2, -0.15) is 0 Å². The van der Waals surface area contributed by atoms with Crippen LogP contribution in [0.3, 0.4) is 0 Å². The molecule has 1 aromatic carbocycles. The Morgan fingerprint density at radius 3 is 2.79 bits per heavy atom. The lowest BCUT2D eigenvalue weighted by Gasteiger charge is -2.16. The molecular formula is C14H13F2N3. The first kappa shape index (κ1) is 12.2. The quantitative estimate of drug-likeness (QED) is 0.898. The summed E-state index contributed by atoms with van der Waals surface area (Å²) in [5, 5.41) is 3.23. The lowest BCUT2D eigenvalue weighted by atomic mass is 10.1. The lowest BCUT2D eigenvalue weighted by Crippen LogP contribution is -2.25. The van der Waals surface area contributed by atoms with Crippen molar-refractivity contribution in [3.05, 3.63) is 58.7 Å². The van der Waals surface area contributed by atoms with Crippen LogP contribution in [0, 0.1) is 11.6 Å². The molecule has 1 aliphatic heterocycles. The van der Waals surface area contributed by atoms with Crippen LogP contribution in [-0.4, -0.2) is 16.5 Å².